The summed E-state index contributed by atoms with van der Waals surface area (Å²) in [5.41, 5.74) is 3.98. The molecular formula is C25H38N5O17P. The Morgan fingerprint density at radius 3 is 1.81 bits per heavy atom. The summed E-state index contributed by atoms with van der Waals surface area (Å²) < 4.78 is 49.7. The van der Waals surface area contributed by atoms with Crippen LogP contribution in [0.15, 0.2) is 12.7 Å². The maximum atomic E-state index is 13.1. The van der Waals surface area contributed by atoms with E-state index < -0.39 is 94.5 Å². The highest BCUT2D eigenvalue weighted by Crippen LogP contribution is 2.48. The van der Waals surface area contributed by atoms with Gasteiger partial charge in [0.2, 0.25) is 13.6 Å². The van der Waals surface area contributed by atoms with Gasteiger partial charge < -0.3 is 54.4 Å². The molecule has 0 saturated carbocycles. The number of hydrogen-bond donors (Lipinski definition) is 5. The fraction of sp³-hybridized carbons (Fsp3) is 0.600. The Kier molecular flexibility index (Phi) is 16.6. The van der Waals surface area contributed by atoms with Crippen LogP contribution in [0.25, 0.3) is 11.2 Å². The number of carboxylic acid groups (broad SMARTS) is 3. The molecule has 1 atom stereocenters. The highest BCUT2D eigenvalue weighted by atomic mass is 31.2. The van der Waals surface area contributed by atoms with Gasteiger partial charge in [-0.3, -0.25) is 23.2 Å². The van der Waals surface area contributed by atoms with E-state index in [1.165, 1.54) is 12.7 Å². The molecule has 0 fully saturated rings. The molecule has 0 saturated heterocycles. The Hall–Kier alpha value is -4.63. The monoisotopic (exact) mass is 711 g/mol. The zero-order valence-electron chi connectivity index (χ0n) is 26.5. The average molecular weight is 712 g/mol. The van der Waals surface area contributed by atoms with Gasteiger partial charge in [0.1, 0.15) is 18.2 Å². The number of fused-ring (bicyclic) bond motifs is 1. The normalized spacial score (nSPS) is 12.2. The Morgan fingerprint density at radius 1 is 0.875 bits per heavy atom. The summed E-state index contributed by atoms with van der Waals surface area (Å²) in [5, 5.41) is 33.8. The van der Waals surface area contributed by atoms with E-state index >= 15 is 0 Å². The molecule has 0 amide bonds. The highest BCUT2D eigenvalue weighted by molar-refractivity contribution is 7.53. The quantitative estimate of drug-likeness (QED) is 0.0835. The summed E-state index contributed by atoms with van der Waals surface area (Å²) in [6.07, 6.45) is -3.42. The van der Waals surface area contributed by atoms with Crippen LogP contribution < -0.4 is 5.73 Å². The van der Waals surface area contributed by atoms with Gasteiger partial charge in [-0.25, -0.2) is 29.3 Å². The van der Waals surface area contributed by atoms with Crippen LogP contribution in [-0.4, -0.2) is 114 Å². The molecule has 0 aromatic carbocycles. The van der Waals surface area contributed by atoms with Gasteiger partial charge in [0.25, 0.3) is 0 Å². The van der Waals surface area contributed by atoms with Crippen molar-refractivity contribution in [2.75, 3.05) is 25.7 Å². The number of aliphatic hydroxyl groups is 1. The van der Waals surface area contributed by atoms with Crippen molar-refractivity contribution in [1.82, 2.24) is 19.5 Å². The fourth-order valence-corrected chi connectivity index (χ4v) is 4.26. The van der Waals surface area contributed by atoms with Gasteiger partial charge in [0.15, 0.2) is 17.1 Å². The SMILES string of the molecule is CC(C)OC(=O)OCOP(=O)(CO[C@H](C)Cn1cnc2c(N)ncnc21)OCOC(=O)OC(C)C.O=C(O)CC(O)(CC(=O)O)C(=O)O. The molecule has 23 heteroatoms. The van der Waals surface area contributed by atoms with Crippen LogP contribution in [0.3, 0.4) is 0 Å². The number of rotatable bonds is 18. The number of carbonyl (C=O) groups excluding carboxylic acids is 2. The summed E-state index contributed by atoms with van der Waals surface area (Å²) >= 11 is 0. The lowest BCUT2D eigenvalue weighted by Crippen LogP contribution is -2.42. The van der Waals surface area contributed by atoms with Crippen molar-refractivity contribution in [3.63, 3.8) is 0 Å². The highest BCUT2D eigenvalue weighted by Gasteiger charge is 2.40. The number of carbonyl (C=O) groups is 5. The molecule has 6 N–H and O–H groups in total. The molecule has 2 heterocycles. The second-order valence-electron chi connectivity index (χ2n) is 10.1. The van der Waals surface area contributed by atoms with Crippen molar-refractivity contribution in [3.05, 3.63) is 12.7 Å². The smallest absolute Gasteiger partial charge is 0.481 e. The summed E-state index contributed by atoms with van der Waals surface area (Å²) in [6.45, 7) is 6.98. The number of nitrogens with two attached hydrogens (primary N) is 1. The van der Waals surface area contributed by atoms with E-state index in [9.17, 15) is 28.5 Å². The van der Waals surface area contributed by atoms with Gasteiger partial charge in [-0.05, 0) is 34.6 Å². The molecule has 2 aromatic rings. The Balaban J connectivity index is 0.000000747. The third kappa shape index (κ3) is 15.3. The van der Waals surface area contributed by atoms with Crippen molar-refractivity contribution in [1.29, 1.82) is 0 Å². The van der Waals surface area contributed by atoms with Crippen molar-refractivity contribution < 1.29 is 81.7 Å². The summed E-state index contributed by atoms with van der Waals surface area (Å²) in [7, 11) is -4.06. The summed E-state index contributed by atoms with van der Waals surface area (Å²) in [5.74, 6) is -4.78. The van der Waals surface area contributed by atoms with Crippen LogP contribution in [-0.2, 0) is 58.2 Å². The zero-order valence-corrected chi connectivity index (χ0v) is 27.4. The molecule has 22 nitrogen and oxygen atoms in total. The topological polar surface area (TPSA) is 318 Å². The van der Waals surface area contributed by atoms with Crippen LogP contribution in [0, 0.1) is 0 Å². The average Bonchev–Trinajstić information content (AvgIpc) is 3.34. The van der Waals surface area contributed by atoms with Gasteiger partial charge in [-0.2, -0.15) is 0 Å². The van der Waals surface area contributed by atoms with E-state index in [2.05, 4.69) is 15.0 Å². The predicted molar refractivity (Wildman–Crippen MR) is 157 cm³/mol. The summed E-state index contributed by atoms with van der Waals surface area (Å²) in [4.78, 5) is 65.7. The Bertz CT molecular complexity index is 1400. The van der Waals surface area contributed by atoms with Gasteiger partial charge >= 0.3 is 37.8 Å². The molecule has 2 rings (SSSR count). The standard InChI is InChI=1S/C19H30N5O10P.C6H8O7/c1-12(2)33-18(25)28-9-31-35(27,32-10-29-19(26)34-13(3)4)11-30-14(5)6-24-8-23-15-16(20)21-7-22-17(15)24;7-3(8)1-6(13,5(11)12)2-4(9)10/h7-8,12-14H,6,9-11H2,1-5H3,(H2,20,21,22);13H,1-2H2,(H,7,8)(H,9,10)(H,11,12)/t14-;/m1./s1. The number of carboxylic acids is 3. The van der Waals surface area contributed by atoms with E-state index in [0.717, 1.165) is 0 Å². The van der Waals surface area contributed by atoms with Crippen LogP contribution >= 0.6 is 7.60 Å². The minimum atomic E-state index is -4.06. The third-order valence-corrected chi connectivity index (χ3v) is 6.67. The number of ether oxygens (including phenoxy) is 5. The van der Waals surface area contributed by atoms with Crippen molar-refractivity contribution >= 4 is 54.8 Å². The molecule has 0 unspecified atom stereocenters. The lowest BCUT2D eigenvalue weighted by molar-refractivity contribution is -0.170. The van der Waals surface area contributed by atoms with Crippen LogP contribution in [0.2, 0.25) is 0 Å². The molecule has 0 aliphatic heterocycles. The van der Waals surface area contributed by atoms with Gasteiger partial charge in [-0.1, -0.05) is 0 Å². The number of aliphatic carboxylic acids is 3. The number of nitrogen functional groups attached to an aromatic ring is 1. The van der Waals surface area contributed by atoms with Crippen molar-refractivity contribution in [2.45, 2.75) is 77.9 Å². The second-order valence-corrected chi connectivity index (χ2v) is 12.1. The molecule has 0 spiro atoms. The first-order chi connectivity index (χ1) is 22.3. The maximum absolute atomic E-state index is 13.1. The van der Waals surface area contributed by atoms with Crippen LogP contribution in [0.5, 0.6) is 0 Å². The van der Waals surface area contributed by atoms with Crippen LogP contribution in [0.4, 0.5) is 15.4 Å². The van der Waals surface area contributed by atoms with Gasteiger partial charge in [0, 0.05) is 0 Å². The van der Waals surface area contributed by atoms with E-state index in [1.54, 1.807) is 39.2 Å². The maximum Gasteiger partial charge on any atom is 0.510 e. The number of hydrogen-bond acceptors (Lipinski definition) is 18. The van der Waals surface area contributed by atoms with E-state index in [0.29, 0.717) is 11.2 Å². The Labute approximate surface area is 272 Å². The molecule has 0 bridgehead atoms. The van der Waals surface area contributed by atoms with E-state index in [-0.39, 0.29) is 12.4 Å². The number of nitrogens with zero attached hydrogens (tertiary/aromatic N) is 4. The van der Waals surface area contributed by atoms with Gasteiger partial charge in [0.05, 0.1) is 44.0 Å². The van der Waals surface area contributed by atoms with Crippen molar-refractivity contribution in [3.8, 4) is 0 Å². The lowest BCUT2D eigenvalue weighted by Gasteiger charge is -2.21. The van der Waals surface area contributed by atoms with E-state index in [4.69, 9.17) is 58.9 Å². The number of imidazole rings is 1. The minimum Gasteiger partial charge on any atom is -0.481 e. The largest absolute Gasteiger partial charge is 0.510 e. The van der Waals surface area contributed by atoms with E-state index in [1.807, 2.05) is 0 Å². The summed E-state index contributed by atoms with van der Waals surface area (Å²) in [6, 6.07) is 0. The first-order valence-corrected chi connectivity index (χ1v) is 15.5. The minimum absolute atomic E-state index is 0.237. The predicted octanol–water partition coefficient (Wildman–Crippen LogP) is 1.79. The zero-order chi connectivity index (χ0) is 36.7. The molecule has 0 radical (unpaired) electrons. The number of aromatic nitrogens is 4. The molecule has 270 valence electrons. The van der Waals surface area contributed by atoms with Gasteiger partial charge in [-0.15, -0.1) is 0 Å². The molecule has 2 aromatic heterocycles. The third-order valence-electron chi connectivity index (χ3n) is 5.20. The molecule has 48 heavy (non-hydrogen) atoms. The lowest BCUT2D eigenvalue weighted by atomic mass is 9.96. The molecule has 0 aliphatic carbocycles. The fourth-order valence-electron chi connectivity index (χ4n) is 3.17. The Morgan fingerprint density at radius 2 is 1.38 bits per heavy atom. The molecule has 0 aliphatic rings. The van der Waals surface area contributed by atoms with Crippen molar-refractivity contribution in [2.24, 2.45) is 0 Å². The number of anilines is 1. The molecular weight excluding hydrogens is 673 g/mol. The first kappa shape index (κ1) is 41.4. The first-order valence-electron chi connectivity index (χ1n) is 13.7. The van der Waals surface area contributed by atoms with Crippen LogP contribution in [0.1, 0.15) is 47.5 Å². The second kappa shape index (κ2) is 19.3.